The number of imidazole rings is 1. The Balaban J connectivity index is 1.08. The van der Waals surface area contributed by atoms with Gasteiger partial charge in [0, 0.05) is 60.7 Å². The van der Waals surface area contributed by atoms with Gasteiger partial charge in [0.25, 0.3) is 11.5 Å². The van der Waals surface area contributed by atoms with E-state index < -0.39 is 42.2 Å². The van der Waals surface area contributed by atoms with Crippen LogP contribution in [0.25, 0.3) is 44.1 Å². The van der Waals surface area contributed by atoms with E-state index in [9.17, 15) is 23.6 Å². The van der Waals surface area contributed by atoms with E-state index >= 15 is 8.78 Å². The summed E-state index contributed by atoms with van der Waals surface area (Å²) in [6, 6.07) is 14.4. The highest BCUT2D eigenvalue weighted by Crippen LogP contribution is 2.48. The Hall–Kier alpha value is -6.58. The van der Waals surface area contributed by atoms with Gasteiger partial charge in [0.05, 0.1) is 62.4 Å². The number of carbonyl (C=O) groups excluding carboxylic acids is 2. The Morgan fingerprint density at radius 2 is 1.66 bits per heavy atom. The van der Waals surface area contributed by atoms with Crippen molar-refractivity contribution in [2.75, 3.05) is 43.7 Å². The Labute approximate surface area is 328 Å². The lowest BCUT2D eigenvalue weighted by Gasteiger charge is -2.35. The largest absolute Gasteiger partial charge is 0.496 e. The number of benzene rings is 3. The maximum absolute atomic E-state index is 16.1. The first-order chi connectivity index (χ1) is 27.8. The SMILES string of the molecule is COc1cc(-c2cn(C)c(=O)c3cnc(N4CC(F)C4)cc23)cc(OC)c1CN1CC(F)(F)c2cc(-c3cccc4c3n(C)c(=O)n4C3CCC(=O)NC3=O)ccc21. The van der Waals surface area contributed by atoms with Crippen LogP contribution >= 0.6 is 0 Å². The van der Waals surface area contributed by atoms with Crippen molar-refractivity contribution in [3.8, 4) is 33.8 Å². The molecule has 0 bridgehead atoms. The molecule has 0 radical (unpaired) electrons. The second kappa shape index (κ2) is 13.5. The molecule has 3 aliphatic heterocycles. The second-order valence-corrected chi connectivity index (χ2v) is 15.1. The van der Waals surface area contributed by atoms with Crippen LogP contribution in [0, 0.1) is 0 Å². The number of aromatic nitrogens is 4. The predicted octanol–water partition coefficient (Wildman–Crippen LogP) is 5.19. The van der Waals surface area contributed by atoms with Gasteiger partial charge in [-0.05, 0) is 53.9 Å². The Morgan fingerprint density at radius 1 is 0.914 bits per heavy atom. The second-order valence-electron chi connectivity index (χ2n) is 15.1. The molecular weight excluding hydrogens is 755 g/mol. The molecule has 9 rings (SSSR count). The third kappa shape index (κ3) is 5.79. The zero-order chi connectivity index (χ0) is 40.8. The van der Waals surface area contributed by atoms with Crippen LogP contribution in [-0.4, -0.2) is 70.5 Å². The van der Waals surface area contributed by atoms with Gasteiger partial charge in [-0.25, -0.2) is 14.2 Å². The fourth-order valence-corrected chi connectivity index (χ4v) is 8.58. The average Bonchev–Trinajstić information content (AvgIpc) is 3.61. The van der Waals surface area contributed by atoms with Crippen molar-refractivity contribution in [2.45, 2.75) is 37.5 Å². The van der Waals surface area contributed by atoms with Crippen LogP contribution in [0.2, 0.25) is 0 Å². The average molecular weight is 794 g/mol. The summed E-state index contributed by atoms with van der Waals surface area (Å²) in [5, 5.41) is 3.29. The molecule has 3 aromatic carbocycles. The normalized spacial score (nSPS) is 17.8. The van der Waals surface area contributed by atoms with Crippen LogP contribution in [-0.2, 0) is 36.2 Å². The number of halogens is 3. The minimum absolute atomic E-state index is 0.00883. The Morgan fingerprint density at radius 3 is 2.34 bits per heavy atom. The van der Waals surface area contributed by atoms with Gasteiger partial charge in [-0.3, -0.25) is 28.8 Å². The van der Waals surface area contributed by atoms with Crippen LogP contribution in [0.1, 0.15) is 30.0 Å². The lowest BCUT2D eigenvalue weighted by molar-refractivity contribution is -0.135. The molecule has 6 aromatic rings. The van der Waals surface area contributed by atoms with E-state index in [-0.39, 0.29) is 43.6 Å². The minimum atomic E-state index is -3.25. The molecule has 0 spiro atoms. The molecule has 6 heterocycles. The Bertz CT molecular complexity index is 2820. The molecule has 2 saturated heterocycles. The first-order valence-corrected chi connectivity index (χ1v) is 18.7. The summed E-state index contributed by atoms with van der Waals surface area (Å²) in [4.78, 5) is 59.1. The van der Waals surface area contributed by atoms with Crippen molar-refractivity contribution in [1.29, 1.82) is 0 Å². The van der Waals surface area contributed by atoms with Gasteiger partial charge in [0.2, 0.25) is 11.8 Å². The van der Waals surface area contributed by atoms with Gasteiger partial charge in [0.15, 0.2) is 0 Å². The number of rotatable bonds is 8. The van der Waals surface area contributed by atoms with Gasteiger partial charge in [0.1, 0.15) is 29.5 Å². The molecule has 1 atom stereocenters. The first-order valence-electron chi connectivity index (χ1n) is 18.7. The van der Waals surface area contributed by atoms with E-state index in [4.69, 9.17) is 9.47 Å². The summed E-state index contributed by atoms with van der Waals surface area (Å²) in [6.07, 6.45) is 2.51. The van der Waals surface area contributed by atoms with E-state index in [1.165, 1.54) is 40.2 Å². The lowest BCUT2D eigenvalue weighted by Crippen LogP contribution is -2.48. The molecule has 13 nitrogen and oxygen atoms in total. The van der Waals surface area contributed by atoms with Crippen molar-refractivity contribution in [1.82, 2.24) is 24.0 Å². The molecule has 58 heavy (non-hydrogen) atoms. The number of aryl methyl sites for hydroxylation is 2. The number of para-hydroxylation sites is 1. The van der Waals surface area contributed by atoms with E-state index in [0.29, 0.717) is 72.6 Å². The van der Waals surface area contributed by atoms with E-state index in [2.05, 4.69) is 10.3 Å². The van der Waals surface area contributed by atoms with E-state index in [1.807, 2.05) is 0 Å². The van der Waals surface area contributed by atoms with Gasteiger partial charge in [-0.2, -0.15) is 8.78 Å². The standard InChI is InChI=1S/C42H38F3N7O6/c1-48-19-28(26-15-36(50-17-24(43)18-50)46-16-27(26)40(48)55)23-13-34(57-3)29(35(14-23)58-4)20-51-21-42(44,45)30-12-22(8-9-31(30)51)25-6-5-7-32-38(25)49(2)41(56)52(32)33-10-11-37(53)47-39(33)54/h5-9,12-16,19,24,33H,10-11,17-18,20-21H2,1-4H3,(H,47,53,54). The number of fused-ring (bicyclic) bond motifs is 3. The number of hydrogen-bond acceptors (Lipinski definition) is 9. The summed E-state index contributed by atoms with van der Waals surface area (Å²) in [5.74, 6) is -2.90. The molecule has 298 valence electrons. The molecule has 16 heteroatoms. The molecule has 0 saturated carbocycles. The monoisotopic (exact) mass is 793 g/mol. The topological polar surface area (TPSA) is 133 Å². The number of amides is 2. The molecule has 2 fully saturated rings. The molecule has 2 amide bonds. The maximum atomic E-state index is 16.1. The van der Waals surface area contributed by atoms with Crippen molar-refractivity contribution >= 4 is 45.1 Å². The van der Waals surface area contributed by atoms with Crippen LogP contribution < -0.4 is 35.8 Å². The van der Waals surface area contributed by atoms with Crippen molar-refractivity contribution in [3.05, 3.63) is 99.0 Å². The predicted molar refractivity (Wildman–Crippen MR) is 212 cm³/mol. The van der Waals surface area contributed by atoms with Gasteiger partial charge in [-0.1, -0.05) is 18.2 Å². The lowest BCUT2D eigenvalue weighted by atomic mass is 9.98. The third-order valence-corrected chi connectivity index (χ3v) is 11.5. The van der Waals surface area contributed by atoms with Crippen molar-refractivity contribution < 1.29 is 32.2 Å². The highest BCUT2D eigenvalue weighted by molar-refractivity contribution is 6.01. The summed E-state index contributed by atoms with van der Waals surface area (Å²) in [6.45, 7) is -0.180. The number of piperidine rings is 1. The minimum Gasteiger partial charge on any atom is -0.496 e. The fraction of sp³-hybridized carbons (Fsp3) is 0.310. The van der Waals surface area contributed by atoms with E-state index in [0.717, 1.165) is 0 Å². The maximum Gasteiger partial charge on any atom is 0.329 e. The van der Waals surface area contributed by atoms with Crippen LogP contribution in [0.4, 0.5) is 24.7 Å². The summed E-state index contributed by atoms with van der Waals surface area (Å²) in [7, 11) is 6.18. The number of nitrogens with one attached hydrogen (secondary N) is 1. The first kappa shape index (κ1) is 37.0. The Kier molecular flexibility index (Phi) is 8.63. The zero-order valence-corrected chi connectivity index (χ0v) is 32.0. The summed E-state index contributed by atoms with van der Waals surface area (Å²) < 4.78 is 61.8. The number of methoxy groups -OCH3 is 2. The molecular formula is C42H38F3N7O6. The number of pyridine rings is 2. The molecule has 0 aliphatic carbocycles. The number of carbonyl (C=O) groups is 2. The summed E-state index contributed by atoms with van der Waals surface area (Å²) in [5.41, 5.74) is 3.18. The van der Waals surface area contributed by atoms with E-state index in [1.54, 1.807) is 78.6 Å². The number of nitrogens with zero attached hydrogens (tertiary/aromatic N) is 6. The number of alkyl halides is 3. The van der Waals surface area contributed by atoms with Crippen LogP contribution in [0.3, 0.4) is 0 Å². The zero-order valence-electron chi connectivity index (χ0n) is 32.0. The highest BCUT2D eigenvalue weighted by Gasteiger charge is 2.44. The fourth-order valence-electron chi connectivity index (χ4n) is 8.58. The van der Waals surface area contributed by atoms with Crippen molar-refractivity contribution in [3.63, 3.8) is 0 Å². The molecule has 1 unspecified atom stereocenters. The van der Waals surface area contributed by atoms with Crippen molar-refractivity contribution in [2.24, 2.45) is 14.1 Å². The molecule has 1 N–H and O–H groups in total. The summed E-state index contributed by atoms with van der Waals surface area (Å²) >= 11 is 0. The smallest absolute Gasteiger partial charge is 0.329 e. The number of anilines is 2. The number of hydrogen-bond donors (Lipinski definition) is 1. The van der Waals surface area contributed by atoms with Gasteiger partial charge >= 0.3 is 5.69 Å². The number of imide groups is 1. The number of ether oxygens (including phenoxy) is 2. The quantitative estimate of drug-likeness (QED) is 0.207. The van der Waals surface area contributed by atoms with Crippen LogP contribution in [0.15, 0.2) is 76.6 Å². The highest BCUT2D eigenvalue weighted by atomic mass is 19.3. The molecule has 3 aromatic heterocycles. The van der Waals surface area contributed by atoms with Gasteiger partial charge in [-0.15, -0.1) is 0 Å². The van der Waals surface area contributed by atoms with Gasteiger partial charge < -0.3 is 23.8 Å². The van der Waals surface area contributed by atoms with Crippen LogP contribution in [0.5, 0.6) is 11.5 Å². The molecule has 3 aliphatic rings. The third-order valence-electron chi connectivity index (χ3n) is 11.5.